The molecule has 1 saturated heterocycles. The molecule has 2 amide bonds. The molecule has 1 aliphatic heterocycles. The topological polar surface area (TPSA) is 110 Å². The van der Waals surface area contributed by atoms with Crippen LogP contribution in [0.5, 0.6) is 5.75 Å². The molecule has 196 valence electrons. The molecule has 1 aliphatic rings. The van der Waals surface area contributed by atoms with Gasteiger partial charge in [0.15, 0.2) is 5.58 Å². The van der Waals surface area contributed by atoms with Crippen LogP contribution in [0, 0.1) is 0 Å². The summed E-state index contributed by atoms with van der Waals surface area (Å²) in [5.74, 6) is -0.114. The van der Waals surface area contributed by atoms with E-state index in [4.69, 9.17) is 9.15 Å². The van der Waals surface area contributed by atoms with Gasteiger partial charge in [-0.1, -0.05) is 19.1 Å². The van der Waals surface area contributed by atoms with E-state index in [-0.39, 0.29) is 11.3 Å². The number of amides is 2. The molecule has 1 aromatic heterocycles. The van der Waals surface area contributed by atoms with E-state index in [0.717, 1.165) is 10.4 Å². The van der Waals surface area contributed by atoms with Crippen LogP contribution < -0.4 is 9.64 Å². The molecule has 0 saturated carbocycles. The molecule has 5 rings (SSSR count). The predicted octanol–water partition coefficient (Wildman–Crippen LogP) is 4.62. The number of benzene rings is 3. The highest BCUT2D eigenvalue weighted by Crippen LogP contribution is 2.33. The monoisotopic (exact) mass is 533 g/mol. The fraction of sp³-hybridized carbons (Fsp3) is 0.250. The van der Waals surface area contributed by atoms with E-state index in [1.165, 1.54) is 23.5 Å². The number of ether oxygens (including phenoxy) is 1. The molecule has 0 aliphatic carbocycles. The number of imide groups is 1. The first-order valence-electron chi connectivity index (χ1n) is 12.2. The Hall–Kier alpha value is -4.02. The maximum absolute atomic E-state index is 13.7. The fourth-order valence-corrected chi connectivity index (χ4v) is 6.44. The summed E-state index contributed by atoms with van der Waals surface area (Å²) in [6, 6.07) is 18.4. The van der Waals surface area contributed by atoms with Gasteiger partial charge < -0.3 is 9.15 Å². The first-order chi connectivity index (χ1) is 18.2. The number of nitrogens with zero attached hydrogens (tertiary/aromatic N) is 3. The van der Waals surface area contributed by atoms with Gasteiger partial charge in [0, 0.05) is 11.6 Å². The smallest absolute Gasteiger partial charge is 0.252 e. The van der Waals surface area contributed by atoms with Gasteiger partial charge in [-0.25, -0.2) is 18.3 Å². The maximum Gasteiger partial charge on any atom is 0.252 e. The van der Waals surface area contributed by atoms with Crippen LogP contribution in [0.15, 0.2) is 82.1 Å². The van der Waals surface area contributed by atoms with E-state index in [1.54, 1.807) is 43.3 Å². The van der Waals surface area contributed by atoms with Gasteiger partial charge in [-0.2, -0.15) is 4.31 Å². The summed E-state index contributed by atoms with van der Waals surface area (Å²) in [5.41, 5.74) is 2.42. The van der Waals surface area contributed by atoms with Crippen LogP contribution >= 0.6 is 0 Å². The van der Waals surface area contributed by atoms with Crippen molar-refractivity contribution in [2.45, 2.75) is 43.7 Å². The van der Waals surface area contributed by atoms with Crippen LogP contribution in [0.3, 0.4) is 0 Å². The summed E-state index contributed by atoms with van der Waals surface area (Å²) >= 11 is 0. The van der Waals surface area contributed by atoms with Crippen molar-refractivity contribution in [3.8, 4) is 17.2 Å². The molecule has 2 atom stereocenters. The standard InChI is InChI=1S/C28H27N3O6S/c1-4-18(2)31(38(34,35)22-15-13-21(36-3)14-16-22)24-17-26(32)30(28(24)33)20-11-9-19(10-12-20)27-29-23-7-5-6-8-25(23)37-27/h5-16,18,24H,4,17H2,1-3H3. The zero-order valence-corrected chi connectivity index (χ0v) is 22.0. The molecule has 0 N–H and O–H groups in total. The fourth-order valence-electron chi connectivity index (χ4n) is 4.60. The quantitative estimate of drug-likeness (QED) is 0.304. The number of methoxy groups -OCH3 is 1. The third kappa shape index (κ3) is 4.46. The SMILES string of the molecule is CCC(C)N(C1CC(=O)N(c2ccc(-c3nc4ccccc4o3)cc2)C1=O)S(=O)(=O)c1ccc(OC)cc1. The molecule has 3 aromatic carbocycles. The van der Waals surface area contributed by atoms with E-state index in [9.17, 15) is 18.0 Å². The van der Waals surface area contributed by atoms with Gasteiger partial charge >= 0.3 is 0 Å². The molecule has 0 radical (unpaired) electrons. The Kier molecular flexibility index (Phi) is 6.77. The minimum absolute atomic E-state index is 0.0278. The Morgan fingerprint density at radius 2 is 1.74 bits per heavy atom. The van der Waals surface area contributed by atoms with Crippen molar-refractivity contribution in [2.24, 2.45) is 0 Å². The van der Waals surface area contributed by atoms with Crippen molar-refractivity contribution in [1.29, 1.82) is 0 Å². The number of anilines is 1. The number of aromatic nitrogens is 1. The number of hydrogen-bond acceptors (Lipinski definition) is 7. The lowest BCUT2D eigenvalue weighted by Crippen LogP contribution is -2.49. The highest BCUT2D eigenvalue weighted by Gasteiger charge is 2.48. The second kappa shape index (κ2) is 10.0. The van der Waals surface area contributed by atoms with Gasteiger partial charge in [0.1, 0.15) is 17.3 Å². The van der Waals surface area contributed by atoms with Crippen LogP contribution in [0.1, 0.15) is 26.7 Å². The average Bonchev–Trinajstić information content (AvgIpc) is 3.49. The van der Waals surface area contributed by atoms with Crippen molar-refractivity contribution in [1.82, 2.24) is 9.29 Å². The Labute approximate surface area is 220 Å². The molecule has 10 heteroatoms. The van der Waals surface area contributed by atoms with Gasteiger partial charge in [0.05, 0.1) is 24.1 Å². The summed E-state index contributed by atoms with van der Waals surface area (Å²) in [5, 5.41) is 0. The lowest BCUT2D eigenvalue weighted by atomic mass is 10.2. The average molecular weight is 534 g/mol. The highest BCUT2D eigenvalue weighted by molar-refractivity contribution is 7.89. The number of para-hydroxylation sites is 2. The first-order valence-corrected chi connectivity index (χ1v) is 13.7. The highest BCUT2D eigenvalue weighted by atomic mass is 32.2. The summed E-state index contributed by atoms with van der Waals surface area (Å²) in [6.07, 6.45) is 0.220. The van der Waals surface area contributed by atoms with E-state index < -0.39 is 33.9 Å². The Bertz CT molecular complexity index is 1560. The van der Waals surface area contributed by atoms with Crippen LogP contribution in [0.25, 0.3) is 22.6 Å². The Morgan fingerprint density at radius 3 is 2.37 bits per heavy atom. The Balaban J connectivity index is 1.44. The number of fused-ring (bicyclic) bond motifs is 1. The predicted molar refractivity (Wildman–Crippen MR) is 142 cm³/mol. The van der Waals surface area contributed by atoms with Gasteiger partial charge in [-0.15, -0.1) is 0 Å². The van der Waals surface area contributed by atoms with Crippen molar-refractivity contribution in [3.63, 3.8) is 0 Å². The van der Waals surface area contributed by atoms with Crippen molar-refractivity contribution < 1.29 is 27.2 Å². The second-order valence-corrected chi connectivity index (χ2v) is 10.9. The van der Waals surface area contributed by atoms with E-state index in [2.05, 4.69) is 4.98 Å². The lowest BCUT2D eigenvalue weighted by Gasteiger charge is -2.31. The normalized spacial score (nSPS) is 16.9. The third-order valence-electron chi connectivity index (χ3n) is 6.76. The van der Waals surface area contributed by atoms with Crippen molar-refractivity contribution in [3.05, 3.63) is 72.8 Å². The number of oxazole rings is 1. The summed E-state index contributed by atoms with van der Waals surface area (Å²) in [4.78, 5) is 32.2. The number of sulfonamides is 1. The minimum Gasteiger partial charge on any atom is -0.497 e. The number of carbonyl (C=O) groups is 2. The number of hydrogen-bond donors (Lipinski definition) is 0. The molecule has 2 heterocycles. The zero-order valence-electron chi connectivity index (χ0n) is 21.2. The molecule has 0 spiro atoms. The Morgan fingerprint density at radius 1 is 1.05 bits per heavy atom. The molecule has 0 bridgehead atoms. The first kappa shape index (κ1) is 25.6. The maximum atomic E-state index is 13.7. The number of carbonyl (C=O) groups excluding carboxylic acids is 2. The van der Waals surface area contributed by atoms with Gasteiger partial charge in [0.25, 0.3) is 5.91 Å². The molecule has 38 heavy (non-hydrogen) atoms. The summed E-state index contributed by atoms with van der Waals surface area (Å²) < 4.78 is 39.5. The van der Waals surface area contributed by atoms with Crippen LogP contribution in [-0.2, 0) is 19.6 Å². The van der Waals surface area contributed by atoms with Gasteiger partial charge in [-0.05, 0) is 74.0 Å². The second-order valence-electron chi connectivity index (χ2n) is 9.09. The molecule has 2 unspecified atom stereocenters. The molecule has 1 fully saturated rings. The lowest BCUT2D eigenvalue weighted by molar-refractivity contribution is -0.122. The van der Waals surface area contributed by atoms with Crippen LogP contribution in [0.2, 0.25) is 0 Å². The minimum atomic E-state index is -4.08. The third-order valence-corrected chi connectivity index (χ3v) is 8.79. The van der Waals surface area contributed by atoms with E-state index >= 15 is 0 Å². The number of rotatable bonds is 8. The molecular weight excluding hydrogens is 506 g/mol. The molecule has 4 aromatic rings. The van der Waals surface area contributed by atoms with Crippen molar-refractivity contribution >= 4 is 38.6 Å². The molecular formula is C28H27N3O6S. The van der Waals surface area contributed by atoms with Crippen molar-refractivity contribution in [2.75, 3.05) is 12.0 Å². The van der Waals surface area contributed by atoms with E-state index in [0.29, 0.717) is 34.9 Å². The van der Waals surface area contributed by atoms with Crippen LogP contribution in [-0.4, -0.2) is 48.7 Å². The van der Waals surface area contributed by atoms with Gasteiger partial charge in [-0.3, -0.25) is 9.59 Å². The van der Waals surface area contributed by atoms with Crippen LogP contribution in [0.4, 0.5) is 5.69 Å². The van der Waals surface area contributed by atoms with Gasteiger partial charge in [0.2, 0.25) is 21.8 Å². The largest absolute Gasteiger partial charge is 0.497 e. The van der Waals surface area contributed by atoms with E-state index in [1.807, 2.05) is 31.2 Å². The summed E-state index contributed by atoms with van der Waals surface area (Å²) in [6.45, 7) is 3.57. The molecule has 9 nitrogen and oxygen atoms in total. The zero-order chi connectivity index (χ0) is 27.0. The summed E-state index contributed by atoms with van der Waals surface area (Å²) in [7, 11) is -2.59.